The minimum Gasteiger partial charge on any atom is -0.480 e. The number of carbonyl (C=O) groups is 2. The molecule has 0 aromatic heterocycles. The lowest BCUT2D eigenvalue weighted by Gasteiger charge is -2.37. The van der Waals surface area contributed by atoms with Crippen LogP contribution in [0.3, 0.4) is 0 Å². The van der Waals surface area contributed by atoms with Crippen LogP contribution >= 0.6 is 11.8 Å². The van der Waals surface area contributed by atoms with Crippen LogP contribution in [0.5, 0.6) is 0 Å². The number of nitrogens with zero attached hydrogens (tertiary/aromatic N) is 1. The second-order valence-corrected chi connectivity index (χ2v) is 6.80. The van der Waals surface area contributed by atoms with Gasteiger partial charge in [0, 0.05) is 12.3 Å². The summed E-state index contributed by atoms with van der Waals surface area (Å²) < 4.78 is 0. The summed E-state index contributed by atoms with van der Waals surface area (Å²) in [7, 11) is 0. The number of hydrogen-bond acceptors (Lipinski definition) is 4. The third-order valence-electron chi connectivity index (χ3n) is 3.87. The molecule has 19 heavy (non-hydrogen) atoms. The molecule has 5 nitrogen and oxygen atoms in total. The monoisotopic (exact) mass is 288 g/mol. The quantitative estimate of drug-likeness (QED) is 0.798. The molecule has 1 aliphatic rings. The van der Waals surface area contributed by atoms with Gasteiger partial charge in [-0.1, -0.05) is 20.8 Å². The van der Waals surface area contributed by atoms with Crippen molar-refractivity contribution in [3.05, 3.63) is 0 Å². The van der Waals surface area contributed by atoms with E-state index >= 15 is 0 Å². The van der Waals surface area contributed by atoms with Crippen molar-refractivity contribution >= 4 is 23.6 Å². The molecule has 0 aromatic carbocycles. The largest absolute Gasteiger partial charge is 0.480 e. The fourth-order valence-electron chi connectivity index (χ4n) is 2.18. The van der Waals surface area contributed by atoms with Crippen LogP contribution in [0.15, 0.2) is 0 Å². The average Bonchev–Trinajstić information content (AvgIpc) is 2.81. The lowest BCUT2D eigenvalue weighted by atomic mass is 9.85. The van der Waals surface area contributed by atoms with E-state index in [1.165, 1.54) is 0 Å². The summed E-state index contributed by atoms with van der Waals surface area (Å²) in [6, 6.07) is -0.734. The molecular formula is C13H24N2O3S. The Morgan fingerprint density at radius 3 is 2.47 bits per heavy atom. The molecule has 0 aromatic rings. The van der Waals surface area contributed by atoms with E-state index in [-0.39, 0.29) is 23.7 Å². The Morgan fingerprint density at radius 1 is 1.53 bits per heavy atom. The van der Waals surface area contributed by atoms with E-state index in [2.05, 4.69) is 0 Å². The molecule has 6 heteroatoms. The number of amides is 1. The van der Waals surface area contributed by atoms with Gasteiger partial charge < -0.3 is 15.7 Å². The molecule has 1 saturated heterocycles. The summed E-state index contributed by atoms with van der Waals surface area (Å²) in [4.78, 5) is 25.6. The lowest BCUT2D eigenvalue weighted by molar-refractivity contribution is -0.154. The van der Waals surface area contributed by atoms with E-state index in [1.807, 2.05) is 27.7 Å². The van der Waals surface area contributed by atoms with Gasteiger partial charge in [0.1, 0.15) is 6.04 Å². The van der Waals surface area contributed by atoms with Crippen molar-refractivity contribution < 1.29 is 14.7 Å². The summed E-state index contributed by atoms with van der Waals surface area (Å²) in [5, 5.41) is 9.23. The minimum atomic E-state index is -0.931. The van der Waals surface area contributed by atoms with Crippen molar-refractivity contribution in [2.75, 3.05) is 12.3 Å². The van der Waals surface area contributed by atoms with Gasteiger partial charge in [-0.15, -0.1) is 11.8 Å². The Bertz CT molecular complexity index is 356. The molecular weight excluding hydrogens is 264 g/mol. The summed E-state index contributed by atoms with van der Waals surface area (Å²) in [6.07, 6.45) is 0.612. The maximum atomic E-state index is 12.7. The van der Waals surface area contributed by atoms with E-state index in [4.69, 9.17) is 5.73 Å². The predicted octanol–water partition coefficient (Wildman–Crippen LogP) is 1.37. The Kier molecular flexibility index (Phi) is 5.26. The second kappa shape index (κ2) is 6.13. The highest BCUT2D eigenvalue weighted by Crippen LogP contribution is 2.37. The number of nitrogens with two attached hydrogens (primary N) is 1. The molecule has 0 aliphatic carbocycles. The summed E-state index contributed by atoms with van der Waals surface area (Å²) >= 11 is 1.54. The number of aliphatic carboxylic acids is 1. The van der Waals surface area contributed by atoms with Gasteiger partial charge >= 0.3 is 5.97 Å². The van der Waals surface area contributed by atoms with Gasteiger partial charge in [0.05, 0.1) is 10.8 Å². The molecule has 1 rings (SSSR count). The minimum absolute atomic E-state index is 0.0778. The van der Waals surface area contributed by atoms with Crippen molar-refractivity contribution in [1.29, 1.82) is 0 Å². The van der Waals surface area contributed by atoms with E-state index in [9.17, 15) is 14.7 Å². The predicted molar refractivity (Wildman–Crippen MR) is 76.8 cm³/mol. The number of carbonyl (C=O) groups excluding carboxylic acids is 1. The van der Waals surface area contributed by atoms with E-state index in [0.29, 0.717) is 12.2 Å². The third-order valence-corrected chi connectivity index (χ3v) is 5.49. The first kappa shape index (κ1) is 16.3. The van der Waals surface area contributed by atoms with Gasteiger partial charge in [0.15, 0.2) is 0 Å². The molecule has 3 unspecified atom stereocenters. The average molecular weight is 288 g/mol. The molecule has 0 spiro atoms. The highest BCUT2D eigenvalue weighted by atomic mass is 32.2. The fraction of sp³-hybridized carbons (Fsp3) is 0.846. The number of carboxylic acid groups (broad SMARTS) is 1. The standard InChI is InChI=1S/C13H24N2O3S/c1-5-13(4,7-14)12(18)15-9(11(16)17)6-19-10(15)8(2)3/h8-10H,5-7,14H2,1-4H3,(H,16,17). The topological polar surface area (TPSA) is 83.6 Å². The van der Waals surface area contributed by atoms with Crippen LogP contribution in [0.25, 0.3) is 0 Å². The zero-order valence-electron chi connectivity index (χ0n) is 12.0. The smallest absolute Gasteiger partial charge is 0.327 e. The Balaban J connectivity index is 3.08. The zero-order chi connectivity index (χ0) is 14.8. The first-order valence-corrected chi connectivity index (χ1v) is 7.70. The molecule has 1 fully saturated rings. The molecule has 0 bridgehead atoms. The molecule has 1 aliphatic heterocycles. The van der Waals surface area contributed by atoms with Crippen LogP contribution in [0, 0.1) is 11.3 Å². The first-order chi connectivity index (χ1) is 8.78. The second-order valence-electron chi connectivity index (χ2n) is 5.65. The van der Waals surface area contributed by atoms with Crippen molar-refractivity contribution in [1.82, 2.24) is 4.90 Å². The fourth-order valence-corrected chi connectivity index (χ4v) is 3.65. The van der Waals surface area contributed by atoms with E-state index in [0.717, 1.165) is 0 Å². The molecule has 3 N–H and O–H groups in total. The van der Waals surface area contributed by atoms with Crippen molar-refractivity contribution in [3.63, 3.8) is 0 Å². The summed E-state index contributed by atoms with van der Waals surface area (Å²) in [6.45, 7) is 7.98. The number of rotatable bonds is 5. The van der Waals surface area contributed by atoms with E-state index < -0.39 is 17.4 Å². The van der Waals surface area contributed by atoms with Crippen molar-refractivity contribution in [3.8, 4) is 0 Å². The van der Waals surface area contributed by atoms with Crippen molar-refractivity contribution in [2.45, 2.75) is 45.5 Å². The van der Waals surface area contributed by atoms with Gasteiger partial charge in [0.25, 0.3) is 0 Å². The van der Waals surface area contributed by atoms with Crippen LogP contribution < -0.4 is 5.73 Å². The van der Waals surface area contributed by atoms with Gasteiger partial charge in [-0.05, 0) is 19.3 Å². The Labute approximate surface area is 118 Å². The normalized spacial score (nSPS) is 26.5. The van der Waals surface area contributed by atoms with Gasteiger partial charge in [-0.25, -0.2) is 4.79 Å². The lowest BCUT2D eigenvalue weighted by Crippen LogP contribution is -2.54. The highest BCUT2D eigenvalue weighted by molar-refractivity contribution is 8.00. The van der Waals surface area contributed by atoms with Crippen molar-refractivity contribution in [2.24, 2.45) is 17.1 Å². The van der Waals surface area contributed by atoms with Crippen LogP contribution in [-0.4, -0.2) is 45.6 Å². The van der Waals surface area contributed by atoms with Crippen LogP contribution in [-0.2, 0) is 9.59 Å². The number of hydrogen-bond donors (Lipinski definition) is 2. The molecule has 1 heterocycles. The maximum absolute atomic E-state index is 12.7. The first-order valence-electron chi connectivity index (χ1n) is 6.65. The zero-order valence-corrected chi connectivity index (χ0v) is 12.9. The van der Waals surface area contributed by atoms with E-state index in [1.54, 1.807) is 16.7 Å². The molecule has 110 valence electrons. The van der Waals surface area contributed by atoms with Crippen LogP contribution in [0.4, 0.5) is 0 Å². The van der Waals surface area contributed by atoms with Gasteiger partial charge in [-0.3, -0.25) is 4.79 Å². The number of thioether (sulfide) groups is 1. The Hall–Kier alpha value is -0.750. The third kappa shape index (κ3) is 3.05. The van der Waals surface area contributed by atoms with Gasteiger partial charge in [0.2, 0.25) is 5.91 Å². The van der Waals surface area contributed by atoms with Crippen LogP contribution in [0.2, 0.25) is 0 Å². The molecule has 0 saturated carbocycles. The summed E-state index contributed by atoms with van der Waals surface area (Å²) in [5.41, 5.74) is 5.05. The molecule has 3 atom stereocenters. The van der Waals surface area contributed by atoms with Crippen LogP contribution in [0.1, 0.15) is 34.1 Å². The number of carboxylic acids is 1. The summed E-state index contributed by atoms with van der Waals surface area (Å²) in [5.74, 6) is -0.390. The molecule has 0 radical (unpaired) electrons. The molecule has 1 amide bonds. The SMILES string of the molecule is CCC(C)(CN)C(=O)N1C(C(=O)O)CSC1C(C)C. The van der Waals surface area contributed by atoms with Gasteiger partial charge in [-0.2, -0.15) is 0 Å². The maximum Gasteiger partial charge on any atom is 0.327 e. The highest BCUT2D eigenvalue weighted by Gasteiger charge is 2.47. The Morgan fingerprint density at radius 2 is 2.11 bits per heavy atom.